The summed E-state index contributed by atoms with van der Waals surface area (Å²) < 4.78 is 3.21. The number of nitrogens with zero attached hydrogens (tertiary/aromatic N) is 2. The lowest BCUT2D eigenvalue weighted by atomic mass is 10.2. The van der Waals surface area contributed by atoms with Crippen molar-refractivity contribution in [2.75, 3.05) is 11.5 Å². The third-order valence-corrected chi connectivity index (χ3v) is 5.27. The first-order valence-electron chi connectivity index (χ1n) is 6.27. The molecule has 1 aromatic carbocycles. The average Bonchev–Trinajstić information content (AvgIpc) is 2.66. The van der Waals surface area contributed by atoms with Gasteiger partial charge in [0.05, 0.1) is 11.0 Å². The van der Waals surface area contributed by atoms with Crippen molar-refractivity contribution in [2.24, 2.45) is 0 Å². The number of anilines is 1. The fraction of sp³-hybridized carbons (Fsp3) is 0.462. The normalized spacial score (nSPS) is 20.4. The number of thioether (sulfide) groups is 1. The molecule has 1 aliphatic rings. The minimum atomic E-state index is 0.634. The predicted octanol–water partition coefficient (Wildman–Crippen LogP) is 3.67. The summed E-state index contributed by atoms with van der Waals surface area (Å²) in [5, 5.41) is 0.682. The van der Waals surface area contributed by atoms with Crippen molar-refractivity contribution < 1.29 is 0 Å². The molecule has 0 bridgehead atoms. The Kier molecular flexibility index (Phi) is 3.52. The predicted molar refractivity (Wildman–Crippen MR) is 81.9 cm³/mol. The van der Waals surface area contributed by atoms with Crippen LogP contribution in [0, 0.1) is 0 Å². The number of rotatable bonds is 2. The molecule has 1 atom stereocenters. The summed E-state index contributed by atoms with van der Waals surface area (Å²) in [4.78, 5) is 4.44. The van der Waals surface area contributed by atoms with Crippen molar-refractivity contribution in [3.05, 3.63) is 22.7 Å². The van der Waals surface area contributed by atoms with Gasteiger partial charge in [-0.05, 0) is 36.8 Å². The third-order valence-electron chi connectivity index (χ3n) is 3.40. The Morgan fingerprint density at radius 3 is 3.11 bits per heavy atom. The second-order valence-corrected chi connectivity index (χ2v) is 7.03. The molecule has 1 saturated heterocycles. The van der Waals surface area contributed by atoms with Crippen LogP contribution in [0.4, 0.5) is 5.95 Å². The fourth-order valence-corrected chi connectivity index (χ4v) is 4.11. The molecule has 2 N–H and O–H groups in total. The van der Waals surface area contributed by atoms with E-state index in [1.165, 1.54) is 25.0 Å². The Balaban J connectivity index is 1.92. The first kappa shape index (κ1) is 12.4. The smallest absolute Gasteiger partial charge is 0.201 e. The molecule has 96 valence electrons. The molecule has 18 heavy (non-hydrogen) atoms. The first-order chi connectivity index (χ1) is 8.74. The van der Waals surface area contributed by atoms with E-state index in [1.54, 1.807) is 0 Å². The number of hydrogen-bond acceptors (Lipinski definition) is 3. The van der Waals surface area contributed by atoms with Crippen LogP contribution in [-0.2, 0) is 6.54 Å². The van der Waals surface area contributed by atoms with Crippen LogP contribution in [0.5, 0.6) is 0 Å². The van der Waals surface area contributed by atoms with Crippen LogP contribution < -0.4 is 5.73 Å². The van der Waals surface area contributed by atoms with Crippen LogP contribution >= 0.6 is 27.7 Å². The SMILES string of the molecule is Nc1nc2cc(Br)ccc2n1CC1CCCCS1. The van der Waals surface area contributed by atoms with Crippen molar-refractivity contribution in [3.8, 4) is 0 Å². The number of halogens is 1. The Morgan fingerprint density at radius 2 is 2.33 bits per heavy atom. The van der Waals surface area contributed by atoms with Crippen LogP contribution in [0.25, 0.3) is 11.0 Å². The topological polar surface area (TPSA) is 43.8 Å². The first-order valence-corrected chi connectivity index (χ1v) is 8.11. The molecule has 0 amide bonds. The molecule has 0 radical (unpaired) electrons. The van der Waals surface area contributed by atoms with Crippen LogP contribution in [0.3, 0.4) is 0 Å². The van der Waals surface area contributed by atoms with E-state index >= 15 is 0 Å². The fourth-order valence-electron chi connectivity index (χ4n) is 2.47. The molecule has 1 unspecified atom stereocenters. The summed E-state index contributed by atoms with van der Waals surface area (Å²) in [5.74, 6) is 1.91. The summed E-state index contributed by atoms with van der Waals surface area (Å²) in [6.07, 6.45) is 3.99. The van der Waals surface area contributed by atoms with Gasteiger partial charge in [0.1, 0.15) is 0 Å². The minimum Gasteiger partial charge on any atom is -0.369 e. The molecule has 2 aromatic rings. The summed E-state index contributed by atoms with van der Waals surface area (Å²) in [6.45, 7) is 0.981. The van der Waals surface area contributed by atoms with E-state index in [0.717, 1.165) is 22.1 Å². The second-order valence-electron chi connectivity index (χ2n) is 4.70. The van der Waals surface area contributed by atoms with Gasteiger partial charge < -0.3 is 10.3 Å². The minimum absolute atomic E-state index is 0.634. The largest absolute Gasteiger partial charge is 0.369 e. The lowest BCUT2D eigenvalue weighted by Crippen LogP contribution is -2.18. The number of fused-ring (bicyclic) bond motifs is 1. The summed E-state index contributed by atoms with van der Waals surface area (Å²) in [7, 11) is 0. The van der Waals surface area contributed by atoms with Crippen molar-refractivity contribution in [3.63, 3.8) is 0 Å². The molecule has 0 saturated carbocycles. The Morgan fingerprint density at radius 1 is 1.44 bits per heavy atom. The maximum Gasteiger partial charge on any atom is 0.201 e. The van der Waals surface area contributed by atoms with Gasteiger partial charge in [-0.2, -0.15) is 11.8 Å². The number of nitrogen functional groups attached to an aromatic ring is 1. The average molecular weight is 326 g/mol. The van der Waals surface area contributed by atoms with Gasteiger partial charge >= 0.3 is 0 Å². The van der Waals surface area contributed by atoms with Gasteiger partial charge in [0.2, 0.25) is 5.95 Å². The van der Waals surface area contributed by atoms with Crippen molar-refractivity contribution in [2.45, 2.75) is 31.1 Å². The van der Waals surface area contributed by atoms with Crippen LogP contribution in [-0.4, -0.2) is 20.6 Å². The quantitative estimate of drug-likeness (QED) is 0.916. The third kappa shape index (κ3) is 2.38. The number of benzene rings is 1. The second kappa shape index (κ2) is 5.13. The standard InChI is InChI=1S/C13H16BrN3S/c14-9-4-5-12-11(7-9)16-13(15)17(12)8-10-3-1-2-6-18-10/h4-5,7,10H,1-3,6,8H2,(H2,15,16). The lowest BCUT2D eigenvalue weighted by Gasteiger charge is -2.22. The highest BCUT2D eigenvalue weighted by molar-refractivity contribution is 9.10. The Labute approximate surface area is 119 Å². The van der Waals surface area contributed by atoms with Gasteiger partial charge in [0.15, 0.2) is 0 Å². The molecule has 0 aliphatic carbocycles. The van der Waals surface area contributed by atoms with E-state index in [2.05, 4.69) is 43.3 Å². The van der Waals surface area contributed by atoms with Gasteiger partial charge in [-0.25, -0.2) is 4.98 Å². The van der Waals surface area contributed by atoms with Gasteiger partial charge in [-0.15, -0.1) is 0 Å². The zero-order valence-electron chi connectivity index (χ0n) is 10.1. The van der Waals surface area contributed by atoms with Crippen LogP contribution in [0.2, 0.25) is 0 Å². The molecule has 3 rings (SSSR count). The molecule has 5 heteroatoms. The molecule has 3 nitrogen and oxygen atoms in total. The maximum absolute atomic E-state index is 6.05. The zero-order chi connectivity index (χ0) is 12.5. The Hall–Kier alpha value is -0.680. The summed E-state index contributed by atoms with van der Waals surface area (Å²) >= 11 is 5.54. The molecule has 1 aliphatic heterocycles. The highest BCUT2D eigenvalue weighted by Crippen LogP contribution is 2.29. The van der Waals surface area contributed by atoms with Gasteiger partial charge in [0.25, 0.3) is 0 Å². The number of nitrogens with two attached hydrogens (primary N) is 1. The van der Waals surface area contributed by atoms with E-state index in [9.17, 15) is 0 Å². The zero-order valence-corrected chi connectivity index (χ0v) is 12.5. The van der Waals surface area contributed by atoms with E-state index < -0.39 is 0 Å². The summed E-state index contributed by atoms with van der Waals surface area (Å²) in [6, 6.07) is 6.17. The lowest BCUT2D eigenvalue weighted by molar-refractivity contribution is 0.595. The van der Waals surface area contributed by atoms with Crippen LogP contribution in [0.15, 0.2) is 22.7 Å². The number of hydrogen-bond donors (Lipinski definition) is 1. The molecule has 1 aromatic heterocycles. The molecular formula is C13H16BrN3S. The van der Waals surface area contributed by atoms with Crippen molar-refractivity contribution in [1.82, 2.24) is 9.55 Å². The van der Waals surface area contributed by atoms with Crippen LogP contribution in [0.1, 0.15) is 19.3 Å². The highest BCUT2D eigenvalue weighted by atomic mass is 79.9. The van der Waals surface area contributed by atoms with E-state index in [0.29, 0.717) is 11.2 Å². The monoisotopic (exact) mass is 325 g/mol. The number of imidazole rings is 1. The number of aromatic nitrogens is 2. The van der Waals surface area contributed by atoms with Gasteiger partial charge in [0, 0.05) is 16.3 Å². The molecule has 0 spiro atoms. The maximum atomic E-state index is 6.05. The highest BCUT2D eigenvalue weighted by Gasteiger charge is 2.17. The van der Waals surface area contributed by atoms with Gasteiger partial charge in [-0.1, -0.05) is 22.4 Å². The summed E-state index contributed by atoms with van der Waals surface area (Å²) in [5.41, 5.74) is 8.16. The van der Waals surface area contributed by atoms with Gasteiger partial charge in [-0.3, -0.25) is 0 Å². The molecule has 1 fully saturated rings. The Bertz CT molecular complexity index is 561. The molecular weight excluding hydrogens is 310 g/mol. The van der Waals surface area contributed by atoms with Crippen molar-refractivity contribution in [1.29, 1.82) is 0 Å². The molecule has 2 heterocycles. The van der Waals surface area contributed by atoms with E-state index in [-0.39, 0.29) is 0 Å². The van der Waals surface area contributed by atoms with E-state index in [4.69, 9.17) is 5.73 Å². The van der Waals surface area contributed by atoms with E-state index in [1.807, 2.05) is 12.1 Å². The van der Waals surface area contributed by atoms with Crippen molar-refractivity contribution >= 4 is 44.7 Å².